The molecule has 0 saturated heterocycles. The lowest BCUT2D eigenvalue weighted by Crippen LogP contribution is -2.09. The molecule has 0 amide bonds. The summed E-state index contributed by atoms with van der Waals surface area (Å²) in [5.74, 6) is 0.683. The normalized spacial score (nSPS) is 12.3. The predicted octanol–water partition coefficient (Wildman–Crippen LogP) is 5.56. The Bertz CT molecular complexity index is 721. The van der Waals surface area contributed by atoms with E-state index in [1.165, 1.54) is 12.1 Å². The Hall–Kier alpha value is -2.68. The molecule has 0 aliphatic carbocycles. The largest absolute Gasteiger partial charge is 0.493 e. The first-order chi connectivity index (χ1) is 11.9. The highest BCUT2D eigenvalue weighted by Crippen LogP contribution is 2.30. The highest BCUT2D eigenvalue weighted by Gasteiger charge is 2.30. The molecule has 0 aromatic heterocycles. The molecule has 2 aromatic rings. The summed E-state index contributed by atoms with van der Waals surface area (Å²) in [6.45, 7) is 2.34. The van der Waals surface area contributed by atoms with Crippen molar-refractivity contribution < 1.29 is 17.9 Å². The second kappa shape index (κ2) is 8.43. The molecule has 0 radical (unpaired) electrons. The number of halogens is 3. The molecule has 3 nitrogen and oxygen atoms in total. The molecule has 1 atom stereocenters. The van der Waals surface area contributed by atoms with Crippen molar-refractivity contribution in [2.24, 2.45) is 0 Å². The van der Waals surface area contributed by atoms with Gasteiger partial charge in [0.05, 0.1) is 18.2 Å². The van der Waals surface area contributed by atoms with Gasteiger partial charge in [-0.15, -0.1) is 0 Å². The number of anilines is 1. The molecule has 0 aliphatic heterocycles. The third-order valence-corrected chi connectivity index (χ3v) is 3.66. The number of hydrogen-bond acceptors (Lipinski definition) is 3. The molecule has 0 saturated carbocycles. The van der Waals surface area contributed by atoms with Gasteiger partial charge in [0.1, 0.15) is 5.75 Å². The summed E-state index contributed by atoms with van der Waals surface area (Å²) in [6, 6.07) is 14.4. The molecule has 0 aliphatic rings. The minimum absolute atomic E-state index is 0.156. The van der Waals surface area contributed by atoms with Crippen LogP contribution in [0, 0.1) is 11.3 Å². The van der Waals surface area contributed by atoms with Gasteiger partial charge in [-0.05, 0) is 43.2 Å². The van der Waals surface area contributed by atoms with Crippen molar-refractivity contribution in [1.29, 1.82) is 5.26 Å². The van der Waals surface area contributed by atoms with Crippen LogP contribution in [0.3, 0.4) is 0 Å². The van der Waals surface area contributed by atoms with Crippen LogP contribution in [0.1, 0.15) is 36.9 Å². The number of unbranched alkanes of at least 4 members (excludes halogenated alkanes) is 1. The van der Waals surface area contributed by atoms with Gasteiger partial charge in [-0.3, -0.25) is 0 Å². The Kier molecular flexibility index (Phi) is 6.29. The van der Waals surface area contributed by atoms with Crippen LogP contribution < -0.4 is 10.1 Å². The van der Waals surface area contributed by atoms with E-state index in [4.69, 9.17) is 10.00 Å². The molecule has 6 heteroatoms. The molecule has 0 bridgehead atoms. The fourth-order valence-electron chi connectivity index (χ4n) is 2.31. The number of alkyl halides is 3. The summed E-state index contributed by atoms with van der Waals surface area (Å²) in [5.41, 5.74) is 0.912. The Morgan fingerprint density at radius 3 is 2.52 bits per heavy atom. The molecule has 25 heavy (non-hydrogen) atoms. The van der Waals surface area contributed by atoms with E-state index in [1.807, 2.05) is 31.2 Å². The van der Waals surface area contributed by atoms with E-state index in [1.54, 1.807) is 0 Å². The Balaban J connectivity index is 1.98. The van der Waals surface area contributed by atoms with Crippen LogP contribution in [-0.4, -0.2) is 6.61 Å². The van der Waals surface area contributed by atoms with Gasteiger partial charge in [-0.2, -0.15) is 18.4 Å². The summed E-state index contributed by atoms with van der Waals surface area (Å²) in [4.78, 5) is 0. The van der Waals surface area contributed by atoms with Crippen molar-refractivity contribution >= 4 is 5.69 Å². The summed E-state index contributed by atoms with van der Waals surface area (Å²) < 4.78 is 43.4. The fourth-order valence-corrected chi connectivity index (χ4v) is 2.31. The van der Waals surface area contributed by atoms with E-state index in [9.17, 15) is 13.2 Å². The van der Waals surface area contributed by atoms with Crippen LogP contribution in [0.15, 0.2) is 48.5 Å². The maximum atomic E-state index is 12.6. The van der Waals surface area contributed by atoms with Crippen molar-refractivity contribution in [3.05, 3.63) is 59.7 Å². The fraction of sp³-hybridized carbons (Fsp3) is 0.316. The lowest BCUT2D eigenvalue weighted by molar-refractivity contribution is -0.137. The van der Waals surface area contributed by atoms with E-state index in [0.717, 1.165) is 23.4 Å². The number of nitrogens with one attached hydrogen (secondary N) is 1. The van der Waals surface area contributed by atoms with Gasteiger partial charge in [0.25, 0.3) is 0 Å². The molecular formula is C19H19F3N2O. The van der Waals surface area contributed by atoms with E-state index in [-0.39, 0.29) is 6.04 Å². The number of ether oxygens (including phenoxy) is 1. The zero-order valence-corrected chi connectivity index (χ0v) is 13.8. The van der Waals surface area contributed by atoms with Gasteiger partial charge >= 0.3 is 6.18 Å². The van der Waals surface area contributed by atoms with Crippen LogP contribution in [0.5, 0.6) is 5.75 Å². The maximum absolute atomic E-state index is 12.6. The summed E-state index contributed by atoms with van der Waals surface area (Å²) >= 11 is 0. The van der Waals surface area contributed by atoms with Crippen LogP contribution in [0.25, 0.3) is 0 Å². The van der Waals surface area contributed by atoms with Crippen molar-refractivity contribution in [2.75, 3.05) is 11.9 Å². The monoisotopic (exact) mass is 348 g/mol. The van der Waals surface area contributed by atoms with Crippen molar-refractivity contribution in [3.63, 3.8) is 0 Å². The lowest BCUT2D eigenvalue weighted by atomic mass is 10.1. The second-order valence-corrected chi connectivity index (χ2v) is 5.62. The van der Waals surface area contributed by atoms with E-state index in [2.05, 4.69) is 11.4 Å². The Labute approximate surface area is 145 Å². The first-order valence-electron chi connectivity index (χ1n) is 7.93. The number of nitriles is 1. The molecule has 1 N–H and O–H groups in total. The minimum Gasteiger partial charge on any atom is -0.493 e. The van der Waals surface area contributed by atoms with Gasteiger partial charge in [-0.25, -0.2) is 0 Å². The van der Waals surface area contributed by atoms with Crippen LogP contribution in [0.2, 0.25) is 0 Å². The first-order valence-corrected chi connectivity index (χ1v) is 7.93. The van der Waals surface area contributed by atoms with Gasteiger partial charge in [-0.1, -0.05) is 18.2 Å². The zero-order valence-electron chi connectivity index (χ0n) is 13.8. The van der Waals surface area contributed by atoms with Crippen molar-refractivity contribution in [2.45, 2.75) is 32.0 Å². The average Bonchev–Trinajstić information content (AvgIpc) is 2.58. The number of benzene rings is 2. The molecule has 0 unspecified atom stereocenters. The topological polar surface area (TPSA) is 45.0 Å². The third kappa shape index (κ3) is 5.71. The summed E-state index contributed by atoms with van der Waals surface area (Å²) in [6.07, 6.45) is -3.22. The maximum Gasteiger partial charge on any atom is 0.416 e. The number of hydrogen-bond donors (Lipinski definition) is 1. The van der Waals surface area contributed by atoms with Crippen molar-refractivity contribution in [3.8, 4) is 11.8 Å². The van der Waals surface area contributed by atoms with Gasteiger partial charge in [0.15, 0.2) is 0 Å². The summed E-state index contributed by atoms with van der Waals surface area (Å²) in [5, 5.41) is 11.7. The SMILES string of the molecule is C[C@@H](Nc1cccc(OCCCC#N)c1)c1ccc(C(F)(F)F)cc1. The minimum atomic E-state index is -4.33. The molecule has 2 aromatic carbocycles. The predicted molar refractivity (Wildman–Crippen MR) is 90.3 cm³/mol. The molecule has 0 heterocycles. The van der Waals surface area contributed by atoms with Crippen LogP contribution >= 0.6 is 0 Å². The standard InChI is InChI=1S/C19H19F3N2O/c1-14(15-7-9-16(10-8-15)19(20,21)22)24-17-5-4-6-18(13-17)25-12-3-2-11-23/h4-10,13-14,24H,2-3,12H2,1H3/t14-/m1/s1. The quantitative estimate of drug-likeness (QED) is 0.666. The molecule has 0 spiro atoms. The van der Waals surface area contributed by atoms with Gasteiger partial charge < -0.3 is 10.1 Å². The van der Waals surface area contributed by atoms with E-state index < -0.39 is 11.7 Å². The van der Waals surface area contributed by atoms with Gasteiger partial charge in [0, 0.05) is 24.2 Å². The first kappa shape index (κ1) is 18.7. The smallest absolute Gasteiger partial charge is 0.416 e. The Morgan fingerprint density at radius 1 is 1.16 bits per heavy atom. The summed E-state index contributed by atoms with van der Waals surface area (Å²) in [7, 11) is 0. The average molecular weight is 348 g/mol. The molecule has 132 valence electrons. The zero-order chi connectivity index (χ0) is 18.3. The lowest BCUT2D eigenvalue weighted by Gasteiger charge is -2.17. The van der Waals surface area contributed by atoms with Crippen LogP contribution in [-0.2, 0) is 6.18 Å². The number of rotatable bonds is 7. The van der Waals surface area contributed by atoms with Crippen LogP contribution in [0.4, 0.5) is 18.9 Å². The highest BCUT2D eigenvalue weighted by atomic mass is 19.4. The van der Waals surface area contributed by atoms with E-state index >= 15 is 0 Å². The number of nitrogens with zero attached hydrogens (tertiary/aromatic N) is 1. The highest BCUT2D eigenvalue weighted by molar-refractivity contribution is 5.50. The van der Waals surface area contributed by atoms with Crippen molar-refractivity contribution in [1.82, 2.24) is 0 Å². The molecule has 0 fully saturated rings. The second-order valence-electron chi connectivity index (χ2n) is 5.62. The molecular weight excluding hydrogens is 329 g/mol. The van der Waals surface area contributed by atoms with Gasteiger partial charge in [0.2, 0.25) is 0 Å². The Morgan fingerprint density at radius 2 is 1.88 bits per heavy atom. The van der Waals surface area contributed by atoms with E-state index in [0.29, 0.717) is 25.2 Å². The third-order valence-electron chi connectivity index (χ3n) is 3.66. The molecule has 2 rings (SSSR count).